The molecule has 0 amide bonds. The van der Waals surface area contributed by atoms with Crippen LogP contribution in [0.2, 0.25) is 0 Å². The van der Waals surface area contributed by atoms with Crippen molar-refractivity contribution in [3.63, 3.8) is 0 Å². The fraction of sp³-hybridized carbons (Fsp3) is 0.800. The van der Waals surface area contributed by atoms with E-state index in [1.807, 2.05) is 11.3 Å². The van der Waals surface area contributed by atoms with E-state index < -0.39 is 0 Å². The standard InChI is InChI=1S/C15H26N4S/c1-16-12-6-5-7-13-14(12)20-15(17-13)18(2)10-11-19-8-3-4-9-19/h12,16H,3-11H2,1-2H3. The van der Waals surface area contributed by atoms with Crippen molar-refractivity contribution in [2.24, 2.45) is 0 Å². The van der Waals surface area contributed by atoms with Gasteiger partial charge >= 0.3 is 0 Å². The number of anilines is 1. The molecule has 1 aromatic heterocycles. The van der Waals surface area contributed by atoms with Gasteiger partial charge in [-0.25, -0.2) is 4.98 Å². The molecule has 1 N–H and O–H groups in total. The van der Waals surface area contributed by atoms with Crippen LogP contribution in [0.5, 0.6) is 0 Å². The molecule has 1 aliphatic carbocycles. The van der Waals surface area contributed by atoms with Crippen molar-refractivity contribution in [2.75, 3.05) is 45.2 Å². The molecule has 20 heavy (non-hydrogen) atoms. The summed E-state index contributed by atoms with van der Waals surface area (Å²) in [5.41, 5.74) is 1.34. The topological polar surface area (TPSA) is 31.4 Å². The van der Waals surface area contributed by atoms with Gasteiger partial charge in [0, 0.05) is 31.1 Å². The van der Waals surface area contributed by atoms with Crippen LogP contribution >= 0.6 is 11.3 Å². The molecule has 1 atom stereocenters. The number of nitrogens with one attached hydrogen (secondary N) is 1. The summed E-state index contributed by atoms with van der Waals surface area (Å²) >= 11 is 1.89. The van der Waals surface area contributed by atoms with Gasteiger partial charge in [-0.05, 0) is 52.2 Å². The zero-order chi connectivity index (χ0) is 13.9. The number of rotatable bonds is 5. The molecule has 2 aliphatic rings. The lowest BCUT2D eigenvalue weighted by Crippen LogP contribution is -2.31. The Kier molecular flexibility index (Phi) is 4.58. The van der Waals surface area contributed by atoms with Gasteiger partial charge in [0.15, 0.2) is 5.13 Å². The van der Waals surface area contributed by atoms with E-state index in [0.717, 1.165) is 13.0 Å². The van der Waals surface area contributed by atoms with E-state index in [1.54, 1.807) is 0 Å². The lowest BCUT2D eigenvalue weighted by molar-refractivity contribution is 0.346. The Bertz CT molecular complexity index is 439. The normalized spacial score (nSPS) is 23.0. The summed E-state index contributed by atoms with van der Waals surface area (Å²) in [5.74, 6) is 0. The fourth-order valence-electron chi connectivity index (χ4n) is 3.24. The fourth-order valence-corrected chi connectivity index (χ4v) is 4.48. The summed E-state index contributed by atoms with van der Waals surface area (Å²) in [4.78, 5) is 11.3. The van der Waals surface area contributed by atoms with Gasteiger partial charge in [0.25, 0.3) is 0 Å². The largest absolute Gasteiger partial charge is 0.350 e. The minimum atomic E-state index is 0.525. The van der Waals surface area contributed by atoms with Gasteiger partial charge in [-0.1, -0.05) is 11.3 Å². The third kappa shape index (κ3) is 3.00. The van der Waals surface area contributed by atoms with Crippen LogP contribution in [-0.4, -0.2) is 50.2 Å². The molecule has 112 valence electrons. The minimum absolute atomic E-state index is 0.525. The number of likely N-dealkylation sites (N-methyl/N-ethyl adjacent to an activating group) is 1. The Hall–Kier alpha value is -0.650. The van der Waals surface area contributed by atoms with Crippen molar-refractivity contribution in [3.8, 4) is 0 Å². The van der Waals surface area contributed by atoms with E-state index in [9.17, 15) is 0 Å². The molecule has 5 heteroatoms. The predicted molar refractivity (Wildman–Crippen MR) is 85.8 cm³/mol. The average Bonchev–Trinajstić information content (AvgIpc) is 3.12. The Balaban J connectivity index is 1.62. The van der Waals surface area contributed by atoms with Crippen molar-refractivity contribution in [1.82, 2.24) is 15.2 Å². The molecular formula is C15H26N4S. The second-order valence-corrected chi connectivity index (χ2v) is 7.02. The van der Waals surface area contributed by atoms with Gasteiger partial charge in [0.05, 0.1) is 5.69 Å². The number of aromatic nitrogens is 1. The molecule has 3 rings (SSSR count). The molecule has 4 nitrogen and oxygen atoms in total. The highest BCUT2D eigenvalue weighted by atomic mass is 32.1. The maximum absolute atomic E-state index is 4.88. The van der Waals surface area contributed by atoms with Crippen molar-refractivity contribution in [3.05, 3.63) is 10.6 Å². The van der Waals surface area contributed by atoms with Crippen LogP contribution in [0.4, 0.5) is 5.13 Å². The lowest BCUT2D eigenvalue weighted by Gasteiger charge is -2.20. The van der Waals surface area contributed by atoms with Crippen LogP contribution in [0.15, 0.2) is 0 Å². The first-order valence-corrected chi connectivity index (χ1v) is 8.70. The summed E-state index contributed by atoms with van der Waals surface area (Å²) < 4.78 is 0. The number of hydrogen-bond donors (Lipinski definition) is 1. The Morgan fingerprint density at radius 2 is 2.15 bits per heavy atom. The summed E-state index contributed by atoms with van der Waals surface area (Å²) in [6, 6.07) is 0.525. The highest BCUT2D eigenvalue weighted by molar-refractivity contribution is 7.15. The zero-order valence-corrected chi connectivity index (χ0v) is 13.5. The molecule has 1 aromatic rings. The van der Waals surface area contributed by atoms with Crippen LogP contribution in [0.3, 0.4) is 0 Å². The monoisotopic (exact) mass is 294 g/mol. The SMILES string of the molecule is CNC1CCCc2nc(N(C)CCN3CCCC3)sc21. The molecule has 1 saturated heterocycles. The first-order valence-electron chi connectivity index (χ1n) is 7.88. The molecular weight excluding hydrogens is 268 g/mol. The van der Waals surface area contributed by atoms with Gasteiger partial charge in [0.2, 0.25) is 0 Å². The number of likely N-dealkylation sites (tertiary alicyclic amines) is 1. The Labute approximate surface area is 126 Å². The van der Waals surface area contributed by atoms with Gasteiger partial charge in [-0.2, -0.15) is 0 Å². The number of nitrogens with zero attached hydrogens (tertiary/aromatic N) is 3. The van der Waals surface area contributed by atoms with Crippen molar-refractivity contribution in [2.45, 2.75) is 38.1 Å². The van der Waals surface area contributed by atoms with Crippen molar-refractivity contribution in [1.29, 1.82) is 0 Å². The Morgan fingerprint density at radius 1 is 1.35 bits per heavy atom. The molecule has 1 aliphatic heterocycles. The van der Waals surface area contributed by atoms with Crippen molar-refractivity contribution < 1.29 is 0 Å². The predicted octanol–water partition coefficient (Wildman–Crippen LogP) is 2.27. The number of thiazole rings is 1. The molecule has 0 bridgehead atoms. The van der Waals surface area contributed by atoms with Gasteiger partial charge in [0.1, 0.15) is 0 Å². The van der Waals surface area contributed by atoms with Gasteiger partial charge < -0.3 is 15.1 Å². The molecule has 1 unspecified atom stereocenters. The third-order valence-electron chi connectivity index (χ3n) is 4.56. The average molecular weight is 294 g/mol. The van der Waals surface area contributed by atoms with E-state index in [2.05, 4.69) is 29.2 Å². The third-order valence-corrected chi connectivity index (χ3v) is 5.89. The van der Waals surface area contributed by atoms with Gasteiger partial charge in [-0.3, -0.25) is 0 Å². The van der Waals surface area contributed by atoms with E-state index >= 15 is 0 Å². The van der Waals surface area contributed by atoms with Crippen LogP contribution in [0.25, 0.3) is 0 Å². The molecule has 0 radical (unpaired) electrons. The van der Waals surface area contributed by atoms with Crippen molar-refractivity contribution >= 4 is 16.5 Å². The van der Waals surface area contributed by atoms with E-state index in [0.29, 0.717) is 6.04 Å². The summed E-state index contributed by atoms with van der Waals surface area (Å²) in [6.07, 6.45) is 6.42. The number of fused-ring (bicyclic) bond motifs is 1. The maximum Gasteiger partial charge on any atom is 0.185 e. The van der Waals surface area contributed by atoms with Gasteiger partial charge in [-0.15, -0.1) is 0 Å². The maximum atomic E-state index is 4.88. The lowest BCUT2D eigenvalue weighted by atomic mass is 9.98. The quantitative estimate of drug-likeness (QED) is 0.903. The first-order chi connectivity index (χ1) is 9.78. The van der Waals surface area contributed by atoms with E-state index in [4.69, 9.17) is 4.98 Å². The van der Waals surface area contributed by atoms with E-state index in [1.165, 1.54) is 61.0 Å². The number of hydrogen-bond acceptors (Lipinski definition) is 5. The second kappa shape index (κ2) is 6.41. The Morgan fingerprint density at radius 3 is 2.90 bits per heavy atom. The summed E-state index contributed by atoms with van der Waals surface area (Å²) in [6.45, 7) is 4.83. The molecule has 2 heterocycles. The molecule has 0 saturated carbocycles. The highest BCUT2D eigenvalue weighted by Gasteiger charge is 2.24. The number of aryl methyl sites for hydroxylation is 1. The molecule has 1 fully saturated rings. The summed E-state index contributed by atoms with van der Waals surface area (Å²) in [7, 11) is 4.25. The van der Waals surface area contributed by atoms with Crippen LogP contribution in [-0.2, 0) is 6.42 Å². The van der Waals surface area contributed by atoms with E-state index in [-0.39, 0.29) is 0 Å². The zero-order valence-electron chi connectivity index (χ0n) is 12.7. The minimum Gasteiger partial charge on any atom is -0.350 e. The second-order valence-electron chi connectivity index (χ2n) is 6.01. The first kappa shape index (κ1) is 14.3. The smallest absolute Gasteiger partial charge is 0.185 e. The van der Waals surface area contributed by atoms with Crippen LogP contribution in [0.1, 0.15) is 42.3 Å². The van der Waals surface area contributed by atoms with Crippen LogP contribution in [0, 0.1) is 0 Å². The van der Waals surface area contributed by atoms with Crippen LogP contribution < -0.4 is 10.2 Å². The highest BCUT2D eigenvalue weighted by Crippen LogP contribution is 2.37. The molecule has 0 aromatic carbocycles. The molecule has 0 spiro atoms. The summed E-state index contributed by atoms with van der Waals surface area (Å²) in [5, 5.41) is 4.64.